The number of amides is 2. The van der Waals surface area contributed by atoms with Gasteiger partial charge in [-0.05, 0) is 75.3 Å². The van der Waals surface area contributed by atoms with E-state index in [2.05, 4.69) is 10.3 Å². The van der Waals surface area contributed by atoms with E-state index >= 15 is 4.39 Å². The molecule has 1 aromatic carbocycles. The molecule has 0 fully saturated rings. The number of ether oxygens (including phenoxy) is 2. The second-order valence-electron chi connectivity index (χ2n) is 10.8. The lowest BCUT2D eigenvalue weighted by Gasteiger charge is -2.36. The van der Waals surface area contributed by atoms with Crippen molar-refractivity contribution >= 4 is 17.7 Å². The van der Waals surface area contributed by atoms with Gasteiger partial charge in [-0.3, -0.25) is 9.69 Å². The van der Waals surface area contributed by atoms with Crippen molar-refractivity contribution in [3.8, 4) is 5.88 Å². The number of hydrogen-bond acceptors (Lipinski definition) is 5. The monoisotopic (exact) mass is 483 g/mol. The van der Waals surface area contributed by atoms with E-state index in [1.54, 1.807) is 32.9 Å². The van der Waals surface area contributed by atoms with Crippen LogP contribution in [0.15, 0.2) is 24.3 Å². The lowest BCUT2D eigenvalue weighted by atomic mass is 9.86. The van der Waals surface area contributed by atoms with Crippen LogP contribution in [0.1, 0.15) is 76.4 Å². The molecule has 1 aliphatic carbocycles. The molecule has 1 N–H and O–H groups in total. The topological polar surface area (TPSA) is 80.8 Å². The zero-order valence-corrected chi connectivity index (χ0v) is 21.3. The second-order valence-corrected chi connectivity index (χ2v) is 10.8. The summed E-state index contributed by atoms with van der Waals surface area (Å²) in [5.41, 5.74) is 2.33. The van der Waals surface area contributed by atoms with Crippen molar-refractivity contribution < 1.29 is 23.5 Å². The Morgan fingerprint density at radius 3 is 2.66 bits per heavy atom. The molecule has 0 saturated heterocycles. The van der Waals surface area contributed by atoms with Gasteiger partial charge in [0.2, 0.25) is 5.88 Å². The van der Waals surface area contributed by atoms with Crippen LogP contribution in [0.25, 0.3) is 0 Å². The Balaban J connectivity index is 1.67. The average Bonchev–Trinajstić information content (AvgIpc) is 3.06. The van der Waals surface area contributed by atoms with Gasteiger partial charge in [0, 0.05) is 30.3 Å². The van der Waals surface area contributed by atoms with Crippen molar-refractivity contribution in [3.05, 3.63) is 52.5 Å². The van der Waals surface area contributed by atoms with Crippen molar-refractivity contribution in [2.24, 2.45) is 0 Å². The Hall–Kier alpha value is -3.16. The van der Waals surface area contributed by atoms with E-state index in [1.807, 2.05) is 26.8 Å². The van der Waals surface area contributed by atoms with Crippen LogP contribution >= 0.6 is 0 Å². The number of nitrogens with one attached hydrogen (secondary N) is 1. The van der Waals surface area contributed by atoms with Gasteiger partial charge in [-0.15, -0.1) is 0 Å². The number of halogens is 1. The van der Waals surface area contributed by atoms with Gasteiger partial charge in [-0.25, -0.2) is 14.2 Å². The predicted molar refractivity (Wildman–Crippen MR) is 131 cm³/mol. The second kappa shape index (κ2) is 9.13. The van der Waals surface area contributed by atoms with E-state index < -0.39 is 23.6 Å². The normalized spacial score (nSPS) is 18.5. The summed E-state index contributed by atoms with van der Waals surface area (Å²) < 4.78 is 26.1. The molecule has 7 nitrogen and oxygen atoms in total. The van der Waals surface area contributed by atoms with Crippen LogP contribution in [0.3, 0.4) is 0 Å². The first-order valence-electron chi connectivity index (χ1n) is 12.2. The van der Waals surface area contributed by atoms with E-state index in [9.17, 15) is 9.59 Å². The Kier molecular flexibility index (Phi) is 6.51. The third-order valence-electron chi connectivity index (χ3n) is 6.48. The zero-order chi connectivity index (χ0) is 25.5. The number of nitrogens with zero attached hydrogens (tertiary/aromatic N) is 2. The van der Waals surface area contributed by atoms with Crippen LogP contribution in [-0.4, -0.2) is 40.6 Å². The van der Waals surface area contributed by atoms with Crippen LogP contribution in [-0.2, 0) is 27.8 Å². The molecular formula is C27H34FN3O4. The molecule has 0 spiro atoms. The molecule has 0 unspecified atom stereocenters. The lowest BCUT2D eigenvalue weighted by Crippen LogP contribution is -2.47. The van der Waals surface area contributed by atoms with Gasteiger partial charge >= 0.3 is 6.09 Å². The largest absolute Gasteiger partial charge is 0.478 e. The number of anilines is 1. The van der Waals surface area contributed by atoms with Gasteiger partial charge in [-0.2, -0.15) is 0 Å². The standard InChI is InChI=1S/C27H34FN3O4/c1-7-34-21-9-8-18-20(30-21)11-13-31(25(33)35-26(2,3)4)23(18)24(32)29-17-14-16-10-12-27(5,6)22(16)19(28)15-17/h8-9,14-15,23H,7,10-13H2,1-6H3,(H,29,32)/t23-/m0/s1. The van der Waals surface area contributed by atoms with Gasteiger partial charge in [0.25, 0.3) is 5.91 Å². The smallest absolute Gasteiger partial charge is 0.411 e. The molecule has 8 heteroatoms. The number of fused-ring (bicyclic) bond motifs is 2. The van der Waals surface area contributed by atoms with Gasteiger partial charge in [0.05, 0.1) is 12.3 Å². The van der Waals surface area contributed by atoms with E-state index in [0.717, 1.165) is 18.4 Å². The minimum Gasteiger partial charge on any atom is -0.478 e. The van der Waals surface area contributed by atoms with Crippen molar-refractivity contribution in [2.45, 2.75) is 77.9 Å². The summed E-state index contributed by atoms with van der Waals surface area (Å²) in [6.45, 7) is 12.0. The fraction of sp³-hybridized carbons (Fsp3) is 0.519. The highest BCUT2D eigenvalue weighted by atomic mass is 19.1. The van der Waals surface area contributed by atoms with Crippen LogP contribution in [0, 0.1) is 5.82 Å². The highest BCUT2D eigenvalue weighted by molar-refractivity contribution is 5.98. The first kappa shape index (κ1) is 24.9. The quantitative estimate of drug-likeness (QED) is 0.637. The number of pyridine rings is 1. The lowest BCUT2D eigenvalue weighted by molar-refractivity contribution is -0.122. The number of aromatic nitrogens is 1. The number of hydrogen-bond donors (Lipinski definition) is 1. The molecule has 1 aliphatic heterocycles. The van der Waals surface area contributed by atoms with Gasteiger partial charge in [-0.1, -0.05) is 13.8 Å². The van der Waals surface area contributed by atoms with E-state index in [0.29, 0.717) is 41.4 Å². The Labute approximate surface area is 206 Å². The van der Waals surface area contributed by atoms with Crippen molar-refractivity contribution in [1.29, 1.82) is 0 Å². The Bertz CT molecular complexity index is 1160. The molecule has 0 radical (unpaired) electrons. The number of benzene rings is 1. The molecule has 0 bridgehead atoms. The SMILES string of the molecule is CCOc1ccc2c(n1)CCN(C(=O)OC(C)(C)C)[C@@H]2C(=O)Nc1cc(F)c2c(c1)CCC2(C)C. The predicted octanol–water partition coefficient (Wildman–Crippen LogP) is 5.32. The Morgan fingerprint density at radius 2 is 1.97 bits per heavy atom. The average molecular weight is 484 g/mol. The fourth-order valence-corrected chi connectivity index (χ4v) is 4.97. The summed E-state index contributed by atoms with van der Waals surface area (Å²) >= 11 is 0. The number of aryl methyl sites for hydroxylation is 1. The fourth-order valence-electron chi connectivity index (χ4n) is 4.97. The minimum absolute atomic E-state index is 0.234. The molecule has 2 heterocycles. The molecule has 0 saturated carbocycles. The highest BCUT2D eigenvalue weighted by Gasteiger charge is 2.39. The molecule has 1 atom stereocenters. The highest BCUT2D eigenvalue weighted by Crippen LogP contribution is 2.41. The minimum atomic E-state index is -0.968. The van der Waals surface area contributed by atoms with Crippen LogP contribution in [0.5, 0.6) is 5.88 Å². The maximum atomic E-state index is 15.0. The third-order valence-corrected chi connectivity index (χ3v) is 6.48. The van der Waals surface area contributed by atoms with E-state index in [4.69, 9.17) is 9.47 Å². The molecule has 1 aromatic heterocycles. The summed E-state index contributed by atoms with van der Waals surface area (Å²) in [5.74, 6) is -0.296. The maximum absolute atomic E-state index is 15.0. The van der Waals surface area contributed by atoms with Crippen molar-refractivity contribution in [2.75, 3.05) is 18.5 Å². The molecule has 2 aliphatic rings. The number of rotatable bonds is 4. The summed E-state index contributed by atoms with van der Waals surface area (Å²) in [6, 6.07) is 5.69. The van der Waals surface area contributed by atoms with Gasteiger partial charge in [0.15, 0.2) is 0 Å². The van der Waals surface area contributed by atoms with E-state index in [1.165, 1.54) is 11.0 Å². The summed E-state index contributed by atoms with van der Waals surface area (Å²) in [7, 11) is 0. The van der Waals surface area contributed by atoms with E-state index in [-0.39, 0.29) is 17.8 Å². The molecule has 188 valence electrons. The molecule has 2 amide bonds. The summed E-state index contributed by atoms with van der Waals surface area (Å²) in [6.07, 6.45) is 1.48. The first-order chi connectivity index (χ1) is 16.4. The molecule has 2 aromatic rings. The van der Waals surface area contributed by atoms with Crippen LogP contribution in [0.4, 0.5) is 14.9 Å². The van der Waals surface area contributed by atoms with Crippen LogP contribution < -0.4 is 10.1 Å². The Morgan fingerprint density at radius 1 is 1.23 bits per heavy atom. The number of carbonyl (C=O) groups is 2. The van der Waals surface area contributed by atoms with Gasteiger partial charge < -0.3 is 14.8 Å². The first-order valence-corrected chi connectivity index (χ1v) is 12.2. The summed E-state index contributed by atoms with van der Waals surface area (Å²) in [5, 5.41) is 2.85. The zero-order valence-electron chi connectivity index (χ0n) is 21.3. The number of carbonyl (C=O) groups excluding carboxylic acids is 2. The van der Waals surface area contributed by atoms with Crippen molar-refractivity contribution in [1.82, 2.24) is 9.88 Å². The molecular weight excluding hydrogens is 449 g/mol. The van der Waals surface area contributed by atoms with Crippen molar-refractivity contribution in [3.63, 3.8) is 0 Å². The molecule has 35 heavy (non-hydrogen) atoms. The van der Waals surface area contributed by atoms with Crippen LogP contribution in [0.2, 0.25) is 0 Å². The molecule has 4 rings (SSSR count). The summed E-state index contributed by atoms with van der Waals surface area (Å²) in [4.78, 5) is 32.6. The third kappa shape index (κ3) is 5.11. The maximum Gasteiger partial charge on any atom is 0.411 e. The van der Waals surface area contributed by atoms with Gasteiger partial charge in [0.1, 0.15) is 17.5 Å².